The van der Waals surface area contributed by atoms with Crippen LogP contribution in [0.5, 0.6) is 0 Å². The number of likely N-dealkylation sites (N-methyl/N-ethyl adjacent to an activating group) is 1. The van der Waals surface area contributed by atoms with Crippen LogP contribution in [0.25, 0.3) is 0 Å². The van der Waals surface area contributed by atoms with Crippen LogP contribution in [0, 0.1) is 11.8 Å². The Bertz CT molecular complexity index is 240. The number of hydrogen-bond acceptors (Lipinski definition) is 3. The number of amides is 1. The summed E-state index contributed by atoms with van der Waals surface area (Å²) in [6, 6.07) is 0. The average Bonchev–Trinajstić information content (AvgIpc) is 2.37. The van der Waals surface area contributed by atoms with E-state index in [0.717, 1.165) is 39.1 Å². The first-order valence-corrected chi connectivity index (χ1v) is 7.67. The third-order valence-corrected chi connectivity index (χ3v) is 3.50. The number of nitrogens with zero attached hydrogens (tertiary/aromatic N) is 2. The number of carbonyl (C=O) groups excluding carboxylic acids is 1. The summed E-state index contributed by atoms with van der Waals surface area (Å²) < 4.78 is 0. The highest BCUT2D eigenvalue weighted by Crippen LogP contribution is 2.09. The van der Waals surface area contributed by atoms with Crippen molar-refractivity contribution in [1.82, 2.24) is 9.80 Å². The van der Waals surface area contributed by atoms with Gasteiger partial charge in [-0.1, -0.05) is 34.6 Å². The first kappa shape index (κ1) is 18.4. The van der Waals surface area contributed by atoms with Crippen molar-refractivity contribution in [2.45, 2.75) is 41.0 Å². The minimum atomic E-state index is 0.0421. The lowest BCUT2D eigenvalue weighted by Gasteiger charge is -2.30. The molecule has 4 heteroatoms. The van der Waals surface area contributed by atoms with Gasteiger partial charge in [-0.15, -0.1) is 0 Å². The summed E-state index contributed by atoms with van der Waals surface area (Å²) >= 11 is 0. The number of carbonyl (C=O) groups is 1. The standard InChI is InChI=1S/C15H33N3O/c1-6-17(7-2)10-11-18(12-13(3)4)15(19)14(5)8-9-16/h13-14H,6-12,16H2,1-5H3. The molecular weight excluding hydrogens is 238 g/mol. The predicted molar refractivity (Wildman–Crippen MR) is 82.0 cm³/mol. The Balaban J connectivity index is 4.48. The molecule has 0 aromatic carbocycles. The molecule has 1 atom stereocenters. The molecule has 0 radical (unpaired) electrons. The predicted octanol–water partition coefficient (Wildman–Crippen LogP) is 1.80. The third-order valence-electron chi connectivity index (χ3n) is 3.50. The van der Waals surface area contributed by atoms with E-state index < -0.39 is 0 Å². The molecule has 0 aromatic rings. The highest BCUT2D eigenvalue weighted by atomic mass is 16.2. The van der Waals surface area contributed by atoms with Crippen molar-refractivity contribution in [1.29, 1.82) is 0 Å². The monoisotopic (exact) mass is 271 g/mol. The van der Waals surface area contributed by atoms with Crippen molar-refractivity contribution in [3.63, 3.8) is 0 Å². The second-order valence-corrected chi connectivity index (χ2v) is 5.68. The molecular formula is C15H33N3O. The SMILES string of the molecule is CCN(CC)CCN(CC(C)C)C(=O)C(C)CCN. The Morgan fingerprint density at radius 3 is 2.11 bits per heavy atom. The van der Waals surface area contributed by atoms with Gasteiger partial charge in [0.1, 0.15) is 0 Å². The molecule has 1 unspecified atom stereocenters. The van der Waals surface area contributed by atoms with E-state index in [4.69, 9.17) is 5.73 Å². The molecule has 0 rings (SSSR count). The van der Waals surface area contributed by atoms with E-state index in [2.05, 4.69) is 32.6 Å². The van der Waals surface area contributed by atoms with E-state index in [9.17, 15) is 4.79 Å². The fourth-order valence-corrected chi connectivity index (χ4v) is 2.22. The molecule has 0 saturated heterocycles. The third kappa shape index (κ3) is 7.53. The molecule has 0 heterocycles. The van der Waals surface area contributed by atoms with Gasteiger partial charge >= 0.3 is 0 Å². The zero-order valence-electron chi connectivity index (χ0n) is 13.5. The van der Waals surface area contributed by atoms with Crippen molar-refractivity contribution >= 4 is 5.91 Å². The van der Waals surface area contributed by atoms with Crippen LogP contribution in [0.3, 0.4) is 0 Å². The Morgan fingerprint density at radius 2 is 1.68 bits per heavy atom. The van der Waals surface area contributed by atoms with Crippen LogP contribution < -0.4 is 5.73 Å². The van der Waals surface area contributed by atoms with Crippen molar-refractivity contribution in [3.05, 3.63) is 0 Å². The molecule has 1 amide bonds. The minimum Gasteiger partial charge on any atom is -0.341 e. The average molecular weight is 271 g/mol. The van der Waals surface area contributed by atoms with Crippen LogP contribution in [0.4, 0.5) is 0 Å². The largest absolute Gasteiger partial charge is 0.341 e. The van der Waals surface area contributed by atoms with Crippen molar-refractivity contribution in [2.75, 3.05) is 39.3 Å². The van der Waals surface area contributed by atoms with Crippen LogP contribution in [-0.4, -0.2) is 55.0 Å². The van der Waals surface area contributed by atoms with Crippen LogP contribution >= 0.6 is 0 Å². The summed E-state index contributed by atoms with van der Waals surface area (Å²) in [7, 11) is 0. The van der Waals surface area contributed by atoms with Crippen molar-refractivity contribution in [2.24, 2.45) is 17.6 Å². The van der Waals surface area contributed by atoms with Gasteiger partial charge in [0.05, 0.1) is 0 Å². The fourth-order valence-electron chi connectivity index (χ4n) is 2.22. The lowest BCUT2D eigenvalue weighted by Crippen LogP contribution is -2.43. The Labute approximate surface area is 119 Å². The summed E-state index contributed by atoms with van der Waals surface area (Å²) in [5.41, 5.74) is 5.55. The highest BCUT2D eigenvalue weighted by Gasteiger charge is 2.20. The fraction of sp³-hybridized carbons (Fsp3) is 0.933. The van der Waals surface area contributed by atoms with Gasteiger partial charge in [0.25, 0.3) is 0 Å². The molecule has 114 valence electrons. The van der Waals surface area contributed by atoms with Gasteiger partial charge in [-0.05, 0) is 32.0 Å². The summed E-state index contributed by atoms with van der Waals surface area (Å²) in [5.74, 6) is 0.803. The van der Waals surface area contributed by atoms with E-state index in [-0.39, 0.29) is 11.8 Å². The highest BCUT2D eigenvalue weighted by molar-refractivity contribution is 5.78. The van der Waals surface area contributed by atoms with Crippen LogP contribution in [-0.2, 0) is 4.79 Å². The molecule has 0 bridgehead atoms. The van der Waals surface area contributed by atoms with E-state index in [0.29, 0.717) is 12.5 Å². The normalized spacial score (nSPS) is 13.1. The van der Waals surface area contributed by atoms with E-state index in [1.807, 2.05) is 11.8 Å². The molecule has 0 aliphatic carbocycles. The molecule has 19 heavy (non-hydrogen) atoms. The molecule has 4 nitrogen and oxygen atoms in total. The topological polar surface area (TPSA) is 49.6 Å². The maximum Gasteiger partial charge on any atom is 0.225 e. The van der Waals surface area contributed by atoms with Gasteiger partial charge in [0.2, 0.25) is 5.91 Å². The van der Waals surface area contributed by atoms with Gasteiger partial charge in [-0.3, -0.25) is 4.79 Å². The Kier molecular flexibility index (Phi) is 9.88. The molecule has 0 aliphatic rings. The molecule has 0 aromatic heterocycles. The minimum absolute atomic E-state index is 0.0421. The summed E-state index contributed by atoms with van der Waals surface area (Å²) in [4.78, 5) is 16.8. The molecule has 0 saturated carbocycles. The van der Waals surface area contributed by atoms with Gasteiger partial charge in [0, 0.05) is 25.6 Å². The Hall–Kier alpha value is -0.610. The molecule has 0 spiro atoms. The summed E-state index contributed by atoms with van der Waals surface area (Å²) in [6.45, 7) is 15.9. The van der Waals surface area contributed by atoms with Crippen LogP contribution in [0.1, 0.15) is 41.0 Å². The maximum absolute atomic E-state index is 12.4. The zero-order chi connectivity index (χ0) is 14.8. The Morgan fingerprint density at radius 1 is 1.11 bits per heavy atom. The lowest BCUT2D eigenvalue weighted by atomic mass is 10.1. The quantitative estimate of drug-likeness (QED) is 0.659. The summed E-state index contributed by atoms with van der Waals surface area (Å²) in [5, 5.41) is 0. The van der Waals surface area contributed by atoms with E-state index in [1.165, 1.54) is 0 Å². The molecule has 0 fully saturated rings. The maximum atomic E-state index is 12.4. The van der Waals surface area contributed by atoms with Gasteiger partial charge in [0.15, 0.2) is 0 Å². The van der Waals surface area contributed by atoms with E-state index in [1.54, 1.807) is 0 Å². The van der Waals surface area contributed by atoms with Gasteiger partial charge in [-0.2, -0.15) is 0 Å². The van der Waals surface area contributed by atoms with Gasteiger partial charge in [-0.25, -0.2) is 0 Å². The number of rotatable bonds is 10. The first-order chi connectivity index (χ1) is 8.96. The van der Waals surface area contributed by atoms with Crippen molar-refractivity contribution in [3.8, 4) is 0 Å². The van der Waals surface area contributed by atoms with Crippen LogP contribution in [0.15, 0.2) is 0 Å². The zero-order valence-corrected chi connectivity index (χ0v) is 13.5. The number of nitrogens with two attached hydrogens (primary N) is 1. The second-order valence-electron chi connectivity index (χ2n) is 5.68. The van der Waals surface area contributed by atoms with Gasteiger partial charge < -0.3 is 15.5 Å². The molecule has 0 aliphatic heterocycles. The number of hydrogen-bond donors (Lipinski definition) is 1. The summed E-state index contributed by atoms with van der Waals surface area (Å²) in [6.07, 6.45) is 0.776. The van der Waals surface area contributed by atoms with Crippen LogP contribution in [0.2, 0.25) is 0 Å². The van der Waals surface area contributed by atoms with Crippen molar-refractivity contribution < 1.29 is 4.79 Å². The van der Waals surface area contributed by atoms with E-state index >= 15 is 0 Å². The lowest BCUT2D eigenvalue weighted by molar-refractivity contribution is -0.135. The first-order valence-electron chi connectivity index (χ1n) is 7.67. The second kappa shape index (κ2) is 10.2. The smallest absolute Gasteiger partial charge is 0.225 e. The molecule has 2 N–H and O–H groups in total.